The van der Waals surface area contributed by atoms with Crippen molar-refractivity contribution in [1.29, 1.82) is 0 Å². The molecule has 0 spiro atoms. The zero-order chi connectivity index (χ0) is 12.3. The Morgan fingerprint density at radius 3 is 3.12 bits per heavy atom. The molecule has 0 saturated carbocycles. The first kappa shape index (κ1) is 12.3. The minimum atomic E-state index is 0.113. The molecule has 0 N–H and O–H groups in total. The van der Waals surface area contributed by atoms with Crippen molar-refractivity contribution in [2.24, 2.45) is 0 Å². The molecule has 0 aromatic carbocycles. The number of ketones is 1. The molecular weight excluding hydrogens is 216 g/mol. The Bertz CT molecular complexity index is 387. The molecule has 94 valence electrons. The van der Waals surface area contributed by atoms with Crippen LogP contribution in [-0.2, 0) is 17.6 Å². The van der Waals surface area contributed by atoms with Crippen LogP contribution >= 0.6 is 0 Å². The number of likely N-dealkylation sites (N-methyl/N-ethyl adjacent to an activating group) is 1. The number of rotatable bonds is 4. The molecule has 0 aliphatic carbocycles. The molecule has 2 rings (SSSR count). The number of carbonyl (C=O) groups is 1. The number of piperidine rings is 1. The van der Waals surface area contributed by atoms with Crippen molar-refractivity contribution in [3.05, 3.63) is 17.8 Å². The third-order valence-corrected chi connectivity index (χ3v) is 3.36. The number of likely N-dealkylation sites (tertiary alicyclic amines) is 1. The fraction of sp³-hybridized carbons (Fsp3) is 0.692. The molecule has 1 aliphatic rings. The molecule has 1 aromatic heterocycles. The van der Waals surface area contributed by atoms with Crippen molar-refractivity contribution in [3.8, 4) is 0 Å². The van der Waals surface area contributed by atoms with Crippen molar-refractivity contribution in [1.82, 2.24) is 9.88 Å². The number of Topliss-reactive ketones (excluding diaryl/α,β-unsaturated/α-hetero) is 1. The van der Waals surface area contributed by atoms with Gasteiger partial charge in [0.05, 0.1) is 12.6 Å². The topological polar surface area (TPSA) is 46.3 Å². The standard InChI is InChI=1S/C13H20N2O2/c1-10(16)7-12-9-14-13(17-12)8-11-5-3-4-6-15(11)2/h9,11H,3-8H2,1-2H3. The van der Waals surface area contributed by atoms with Gasteiger partial charge in [0.25, 0.3) is 0 Å². The second-order valence-corrected chi connectivity index (χ2v) is 4.93. The summed E-state index contributed by atoms with van der Waals surface area (Å²) in [4.78, 5) is 17.6. The van der Waals surface area contributed by atoms with E-state index in [4.69, 9.17) is 4.42 Å². The molecule has 0 radical (unpaired) electrons. The first-order chi connectivity index (χ1) is 8.15. The summed E-state index contributed by atoms with van der Waals surface area (Å²) < 4.78 is 5.59. The maximum Gasteiger partial charge on any atom is 0.195 e. The lowest BCUT2D eigenvalue weighted by Gasteiger charge is -2.31. The lowest BCUT2D eigenvalue weighted by atomic mass is 10.0. The largest absolute Gasteiger partial charge is 0.445 e. The van der Waals surface area contributed by atoms with E-state index in [0.29, 0.717) is 18.2 Å². The molecule has 1 aliphatic heterocycles. The molecule has 0 amide bonds. The van der Waals surface area contributed by atoms with Gasteiger partial charge in [-0.05, 0) is 33.4 Å². The molecule has 4 nitrogen and oxygen atoms in total. The Kier molecular flexibility index (Phi) is 3.94. The second kappa shape index (κ2) is 5.45. The van der Waals surface area contributed by atoms with Crippen molar-refractivity contribution < 1.29 is 9.21 Å². The third kappa shape index (κ3) is 3.40. The predicted octanol–water partition coefficient (Wildman–Crippen LogP) is 1.83. The number of hydrogen-bond acceptors (Lipinski definition) is 4. The average molecular weight is 236 g/mol. The molecule has 1 unspecified atom stereocenters. The van der Waals surface area contributed by atoms with Gasteiger partial charge in [0.2, 0.25) is 0 Å². The third-order valence-electron chi connectivity index (χ3n) is 3.36. The zero-order valence-electron chi connectivity index (χ0n) is 10.6. The monoisotopic (exact) mass is 236 g/mol. The van der Waals surface area contributed by atoms with Crippen LogP contribution in [0.3, 0.4) is 0 Å². The molecule has 0 bridgehead atoms. The van der Waals surface area contributed by atoms with Gasteiger partial charge in [0.15, 0.2) is 5.89 Å². The van der Waals surface area contributed by atoms with Crippen molar-refractivity contribution in [2.75, 3.05) is 13.6 Å². The maximum atomic E-state index is 11.0. The first-order valence-electron chi connectivity index (χ1n) is 6.28. The molecule has 1 fully saturated rings. The van der Waals surface area contributed by atoms with E-state index in [9.17, 15) is 4.79 Å². The van der Waals surface area contributed by atoms with Crippen LogP contribution < -0.4 is 0 Å². The summed E-state index contributed by atoms with van der Waals surface area (Å²) in [5.41, 5.74) is 0. The van der Waals surface area contributed by atoms with E-state index in [0.717, 1.165) is 18.9 Å². The highest BCUT2D eigenvalue weighted by Gasteiger charge is 2.21. The first-order valence-corrected chi connectivity index (χ1v) is 6.28. The lowest BCUT2D eigenvalue weighted by Crippen LogP contribution is -2.37. The van der Waals surface area contributed by atoms with Crippen LogP contribution in [0.1, 0.15) is 37.8 Å². The van der Waals surface area contributed by atoms with Gasteiger partial charge in [0, 0.05) is 12.5 Å². The average Bonchev–Trinajstić information content (AvgIpc) is 2.68. The summed E-state index contributed by atoms with van der Waals surface area (Å²) in [5, 5.41) is 0. The van der Waals surface area contributed by atoms with Crippen LogP contribution in [0.15, 0.2) is 10.6 Å². The molecule has 17 heavy (non-hydrogen) atoms. The molecular formula is C13H20N2O2. The summed E-state index contributed by atoms with van der Waals surface area (Å²) >= 11 is 0. The van der Waals surface area contributed by atoms with E-state index in [1.54, 1.807) is 13.1 Å². The Balaban J connectivity index is 1.93. The van der Waals surface area contributed by atoms with Crippen LogP contribution in [0.5, 0.6) is 0 Å². The van der Waals surface area contributed by atoms with E-state index in [1.807, 2.05) is 0 Å². The van der Waals surface area contributed by atoms with Crippen LogP contribution in [-0.4, -0.2) is 35.3 Å². The lowest BCUT2D eigenvalue weighted by molar-refractivity contribution is -0.116. The number of aromatic nitrogens is 1. The highest BCUT2D eigenvalue weighted by atomic mass is 16.4. The van der Waals surface area contributed by atoms with Gasteiger partial charge in [0.1, 0.15) is 11.5 Å². The van der Waals surface area contributed by atoms with Gasteiger partial charge in [-0.15, -0.1) is 0 Å². The van der Waals surface area contributed by atoms with Crippen LogP contribution in [0.4, 0.5) is 0 Å². The van der Waals surface area contributed by atoms with Gasteiger partial charge in [-0.2, -0.15) is 0 Å². The minimum absolute atomic E-state index is 0.113. The zero-order valence-corrected chi connectivity index (χ0v) is 10.6. The minimum Gasteiger partial charge on any atom is -0.445 e. The van der Waals surface area contributed by atoms with E-state index < -0.39 is 0 Å². The van der Waals surface area contributed by atoms with E-state index >= 15 is 0 Å². The summed E-state index contributed by atoms with van der Waals surface area (Å²) in [5.74, 6) is 1.56. The Hall–Kier alpha value is -1.16. The number of carbonyl (C=O) groups excluding carboxylic acids is 1. The predicted molar refractivity (Wildman–Crippen MR) is 64.9 cm³/mol. The van der Waals surface area contributed by atoms with Gasteiger partial charge >= 0.3 is 0 Å². The molecule has 1 atom stereocenters. The summed E-state index contributed by atoms with van der Waals surface area (Å²) in [6.45, 7) is 2.72. The molecule has 1 saturated heterocycles. The van der Waals surface area contributed by atoms with Gasteiger partial charge in [-0.25, -0.2) is 4.98 Å². The van der Waals surface area contributed by atoms with Crippen LogP contribution in [0.25, 0.3) is 0 Å². The number of oxazole rings is 1. The van der Waals surface area contributed by atoms with Gasteiger partial charge < -0.3 is 9.32 Å². The van der Waals surface area contributed by atoms with Gasteiger partial charge in [-0.1, -0.05) is 6.42 Å². The second-order valence-electron chi connectivity index (χ2n) is 4.93. The van der Waals surface area contributed by atoms with Crippen molar-refractivity contribution in [2.45, 2.75) is 45.1 Å². The number of nitrogens with zero attached hydrogens (tertiary/aromatic N) is 2. The van der Waals surface area contributed by atoms with E-state index in [2.05, 4.69) is 16.9 Å². The van der Waals surface area contributed by atoms with E-state index in [1.165, 1.54) is 19.3 Å². The quantitative estimate of drug-likeness (QED) is 0.800. The van der Waals surface area contributed by atoms with Crippen LogP contribution in [0, 0.1) is 0 Å². The smallest absolute Gasteiger partial charge is 0.195 e. The fourth-order valence-electron chi connectivity index (χ4n) is 2.37. The van der Waals surface area contributed by atoms with Gasteiger partial charge in [-0.3, -0.25) is 4.79 Å². The summed E-state index contributed by atoms with van der Waals surface area (Å²) in [6.07, 6.45) is 6.67. The number of hydrogen-bond donors (Lipinski definition) is 0. The maximum absolute atomic E-state index is 11.0. The Morgan fingerprint density at radius 1 is 1.59 bits per heavy atom. The van der Waals surface area contributed by atoms with E-state index in [-0.39, 0.29) is 5.78 Å². The molecule has 1 aromatic rings. The summed E-state index contributed by atoms with van der Waals surface area (Å²) in [7, 11) is 2.16. The highest BCUT2D eigenvalue weighted by molar-refractivity contribution is 5.77. The highest BCUT2D eigenvalue weighted by Crippen LogP contribution is 2.19. The Morgan fingerprint density at radius 2 is 2.41 bits per heavy atom. The summed E-state index contributed by atoms with van der Waals surface area (Å²) in [6, 6.07) is 0.535. The molecule has 4 heteroatoms. The fourth-order valence-corrected chi connectivity index (χ4v) is 2.37. The van der Waals surface area contributed by atoms with Crippen LogP contribution in [0.2, 0.25) is 0 Å². The van der Waals surface area contributed by atoms with Crippen molar-refractivity contribution >= 4 is 5.78 Å². The normalized spacial score (nSPS) is 21.6. The Labute approximate surface area is 102 Å². The molecule has 2 heterocycles. The SMILES string of the molecule is CC(=O)Cc1cnc(CC2CCCCN2C)o1. The van der Waals surface area contributed by atoms with Crippen molar-refractivity contribution in [3.63, 3.8) is 0 Å².